The lowest BCUT2D eigenvalue weighted by Crippen LogP contribution is -2.43. The average molecular weight is 311 g/mol. The number of sulfonamides is 1. The number of nitrogens with one attached hydrogen (secondary N) is 1. The highest BCUT2D eigenvalue weighted by Crippen LogP contribution is 2.30. The maximum atomic E-state index is 12.5. The summed E-state index contributed by atoms with van der Waals surface area (Å²) < 4.78 is 27.8. The lowest BCUT2D eigenvalue weighted by Gasteiger charge is -2.34. The van der Waals surface area contributed by atoms with Gasteiger partial charge in [-0.15, -0.1) is 0 Å². The van der Waals surface area contributed by atoms with Crippen molar-refractivity contribution in [3.63, 3.8) is 0 Å². The molecule has 0 heterocycles. The minimum absolute atomic E-state index is 0.0240. The molecular weight excluding hydrogens is 286 g/mol. The Morgan fingerprint density at radius 3 is 2.48 bits per heavy atom. The normalized spacial score (nSPS) is 26.7. The molecule has 0 amide bonds. The molecule has 1 aromatic rings. The first-order valence-electron chi connectivity index (χ1n) is 7.66. The average Bonchev–Trinajstić information content (AvgIpc) is 2.45. The van der Waals surface area contributed by atoms with E-state index in [-0.39, 0.29) is 12.6 Å². The first-order valence-corrected chi connectivity index (χ1v) is 9.14. The van der Waals surface area contributed by atoms with Crippen LogP contribution in [0.5, 0.6) is 0 Å². The van der Waals surface area contributed by atoms with Gasteiger partial charge in [-0.25, -0.2) is 13.1 Å². The van der Waals surface area contributed by atoms with Crippen LogP contribution in [0, 0.1) is 11.8 Å². The number of rotatable bonds is 5. The van der Waals surface area contributed by atoms with Crippen molar-refractivity contribution in [3.8, 4) is 0 Å². The molecule has 21 heavy (non-hydrogen) atoms. The molecule has 0 aliphatic heterocycles. The van der Waals surface area contributed by atoms with E-state index in [1.54, 1.807) is 24.3 Å². The highest BCUT2D eigenvalue weighted by Gasteiger charge is 2.30. The Kier molecular flexibility index (Phi) is 5.41. The molecule has 1 fully saturated rings. The van der Waals surface area contributed by atoms with Crippen LogP contribution in [0.3, 0.4) is 0 Å². The second-order valence-corrected chi connectivity index (χ2v) is 7.83. The molecule has 1 saturated carbocycles. The van der Waals surface area contributed by atoms with Crippen LogP contribution in [0.2, 0.25) is 0 Å². The van der Waals surface area contributed by atoms with Crippen LogP contribution >= 0.6 is 0 Å². The molecule has 4 nitrogen and oxygen atoms in total. The van der Waals surface area contributed by atoms with Crippen LogP contribution in [0.15, 0.2) is 29.2 Å². The monoisotopic (exact) mass is 311 g/mol. The summed E-state index contributed by atoms with van der Waals surface area (Å²) in [7, 11) is -3.46. The van der Waals surface area contributed by atoms with Crippen LogP contribution in [0.4, 0.5) is 0 Å². The van der Waals surface area contributed by atoms with Gasteiger partial charge in [0.15, 0.2) is 0 Å². The largest absolute Gasteiger partial charge is 0.396 e. The van der Waals surface area contributed by atoms with Gasteiger partial charge < -0.3 is 5.11 Å². The van der Waals surface area contributed by atoms with E-state index in [9.17, 15) is 8.42 Å². The van der Waals surface area contributed by atoms with Crippen LogP contribution in [-0.2, 0) is 16.4 Å². The molecule has 0 saturated heterocycles. The minimum atomic E-state index is -3.46. The molecule has 0 radical (unpaired) electrons. The quantitative estimate of drug-likeness (QED) is 0.877. The first-order chi connectivity index (χ1) is 9.94. The predicted molar refractivity (Wildman–Crippen MR) is 83.5 cm³/mol. The summed E-state index contributed by atoms with van der Waals surface area (Å²) in [6.07, 6.45) is 3.71. The van der Waals surface area contributed by atoms with E-state index >= 15 is 0 Å². The van der Waals surface area contributed by atoms with Gasteiger partial charge in [-0.1, -0.05) is 38.8 Å². The summed E-state index contributed by atoms with van der Waals surface area (Å²) >= 11 is 0. The maximum absolute atomic E-state index is 12.5. The lowest BCUT2D eigenvalue weighted by molar-refractivity contribution is 0.227. The van der Waals surface area contributed by atoms with Crippen molar-refractivity contribution in [2.24, 2.45) is 11.8 Å². The molecule has 0 bridgehead atoms. The van der Waals surface area contributed by atoms with Crippen molar-refractivity contribution >= 4 is 10.0 Å². The van der Waals surface area contributed by atoms with Crippen LogP contribution in [0.1, 0.15) is 38.7 Å². The van der Waals surface area contributed by atoms with Crippen molar-refractivity contribution < 1.29 is 13.5 Å². The summed E-state index contributed by atoms with van der Waals surface area (Å²) in [5, 5.41) is 8.89. The topological polar surface area (TPSA) is 66.4 Å². The number of hydrogen-bond donors (Lipinski definition) is 2. The van der Waals surface area contributed by atoms with E-state index in [4.69, 9.17) is 5.11 Å². The number of aliphatic hydroxyl groups is 1. The van der Waals surface area contributed by atoms with Crippen LogP contribution in [0.25, 0.3) is 0 Å². The summed E-state index contributed by atoms with van der Waals surface area (Å²) in [5.41, 5.74) is 0.941. The Morgan fingerprint density at radius 2 is 1.86 bits per heavy atom. The van der Waals surface area contributed by atoms with Gasteiger partial charge in [0.05, 0.1) is 4.90 Å². The molecular formula is C16H25NO3S. The van der Waals surface area contributed by atoms with Gasteiger partial charge >= 0.3 is 0 Å². The second kappa shape index (κ2) is 6.90. The molecule has 5 heteroatoms. The second-order valence-electron chi connectivity index (χ2n) is 6.11. The zero-order chi connectivity index (χ0) is 15.5. The molecule has 2 rings (SSSR count). The van der Waals surface area contributed by atoms with Gasteiger partial charge in [0.25, 0.3) is 0 Å². The highest BCUT2D eigenvalue weighted by molar-refractivity contribution is 7.89. The van der Waals surface area contributed by atoms with Gasteiger partial charge in [0.2, 0.25) is 10.0 Å². The smallest absolute Gasteiger partial charge is 0.240 e. The van der Waals surface area contributed by atoms with Crippen LogP contribution in [-0.4, -0.2) is 26.2 Å². The Hall–Kier alpha value is -0.910. The van der Waals surface area contributed by atoms with Crippen molar-refractivity contribution in [3.05, 3.63) is 29.8 Å². The van der Waals surface area contributed by atoms with Crippen LogP contribution < -0.4 is 4.72 Å². The fraction of sp³-hybridized carbons (Fsp3) is 0.625. The Bertz CT molecular complexity index is 553. The molecule has 118 valence electrons. The Labute approximate surface area is 127 Å². The molecule has 1 aromatic carbocycles. The van der Waals surface area contributed by atoms with E-state index < -0.39 is 10.0 Å². The van der Waals surface area contributed by atoms with Crippen molar-refractivity contribution in [2.75, 3.05) is 6.61 Å². The molecule has 0 aromatic heterocycles. The van der Waals surface area contributed by atoms with E-state index in [0.717, 1.165) is 18.4 Å². The minimum Gasteiger partial charge on any atom is -0.396 e. The summed E-state index contributed by atoms with van der Waals surface area (Å²) in [4.78, 5) is 0.301. The van der Waals surface area contributed by atoms with E-state index in [2.05, 4.69) is 18.6 Å². The first kappa shape index (κ1) is 16.5. The summed E-state index contributed by atoms with van der Waals surface area (Å²) in [6, 6.07) is 6.78. The number of aliphatic hydroxyl groups excluding tert-OH is 1. The lowest BCUT2D eigenvalue weighted by atomic mass is 9.78. The zero-order valence-electron chi connectivity index (χ0n) is 12.7. The summed E-state index contributed by atoms with van der Waals surface area (Å²) in [6.45, 7) is 4.39. The van der Waals surface area contributed by atoms with Gasteiger partial charge in [0, 0.05) is 12.6 Å². The van der Waals surface area contributed by atoms with Crippen molar-refractivity contribution in [1.29, 1.82) is 0 Å². The van der Waals surface area contributed by atoms with Gasteiger partial charge in [-0.2, -0.15) is 0 Å². The fourth-order valence-electron chi connectivity index (χ4n) is 2.98. The molecule has 3 atom stereocenters. The summed E-state index contributed by atoms with van der Waals surface area (Å²) in [5.74, 6) is 0.917. The molecule has 2 N–H and O–H groups in total. The number of hydrogen-bond acceptors (Lipinski definition) is 3. The Morgan fingerprint density at radius 1 is 1.19 bits per heavy atom. The van der Waals surface area contributed by atoms with Gasteiger partial charge in [-0.3, -0.25) is 0 Å². The third-order valence-electron chi connectivity index (χ3n) is 4.65. The zero-order valence-corrected chi connectivity index (χ0v) is 13.6. The molecule has 0 spiro atoms. The van der Waals surface area contributed by atoms with E-state index in [1.165, 1.54) is 6.42 Å². The third kappa shape index (κ3) is 4.05. The van der Waals surface area contributed by atoms with Crippen molar-refractivity contribution in [1.82, 2.24) is 4.72 Å². The standard InChI is InChI=1S/C16H25NO3S/c1-12-4-3-5-16(13(12)2)17-21(19,20)15-8-6-14(7-9-15)10-11-18/h6-9,12-13,16-18H,3-5,10-11H2,1-2H3. The Balaban J connectivity index is 2.10. The molecule has 1 aliphatic rings. The number of benzene rings is 1. The van der Waals surface area contributed by atoms with Gasteiger partial charge in [0.1, 0.15) is 0 Å². The van der Waals surface area contributed by atoms with Gasteiger partial charge in [-0.05, 0) is 42.4 Å². The highest BCUT2D eigenvalue weighted by atomic mass is 32.2. The maximum Gasteiger partial charge on any atom is 0.240 e. The third-order valence-corrected chi connectivity index (χ3v) is 6.15. The predicted octanol–water partition coefficient (Wildman–Crippen LogP) is 2.32. The SMILES string of the molecule is CC1CCCC(NS(=O)(=O)c2ccc(CCO)cc2)C1C. The fourth-order valence-corrected chi connectivity index (χ4v) is 4.34. The molecule has 1 aliphatic carbocycles. The van der Waals surface area contributed by atoms with Crippen molar-refractivity contribution in [2.45, 2.75) is 50.5 Å². The molecule has 3 unspecified atom stereocenters. The van der Waals surface area contributed by atoms with E-state index in [1.807, 2.05) is 0 Å². The van der Waals surface area contributed by atoms with E-state index in [0.29, 0.717) is 23.2 Å².